The summed E-state index contributed by atoms with van der Waals surface area (Å²) in [5.41, 5.74) is 1.03. The van der Waals surface area contributed by atoms with Crippen LogP contribution in [0.3, 0.4) is 0 Å². The molecule has 0 aromatic heterocycles. The molecule has 16 heavy (non-hydrogen) atoms. The minimum Gasteiger partial charge on any atom is -0.494 e. The summed E-state index contributed by atoms with van der Waals surface area (Å²) in [6.07, 6.45) is 5.07. The number of ether oxygens (including phenoxy) is 1. The molecular formula is C14H20NO. The number of hydrogen-bond donors (Lipinski definition) is 1. The molecule has 2 rings (SSSR count). The van der Waals surface area contributed by atoms with Crippen LogP contribution >= 0.6 is 0 Å². The highest BCUT2D eigenvalue weighted by molar-refractivity contribution is 5.28. The first-order valence-electron chi connectivity index (χ1n) is 6.13. The van der Waals surface area contributed by atoms with Crippen LogP contribution in [0.1, 0.15) is 31.2 Å². The molecule has 0 bridgehead atoms. The zero-order chi connectivity index (χ0) is 11.2. The lowest BCUT2D eigenvalue weighted by atomic mass is 10.0. The minimum atomic E-state index is 0.654. The van der Waals surface area contributed by atoms with Crippen LogP contribution in [0.2, 0.25) is 0 Å². The average Bonchev–Trinajstić information content (AvgIpc) is 2.33. The third kappa shape index (κ3) is 3.53. The van der Waals surface area contributed by atoms with Gasteiger partial charge in [-0.3, -0.25) is 0 Å². The Labute approximate surface area is 98.0 Å². The van der Waals surface area contributed by atoms with Crippen molar-refractivity contribution >= 4 is 0 Å². The molecule has 1 radical (unpaired) electrons. The largest absolute Gasteiger partial charge is 0.494 e. The van der Waals surface area contributed by atoms with Crippen LogP contribution in [0.25, 0.3) is 0 Å². The normalized spacial score (nSPS) is 20.7. The van der Waals surface area contributed by atoms with Crippen LogP contribution in [0, 0.1) is 6.92 Å². The lowest BCUT2D eigenvalue weighted by molar-refractivity contribution is 0.268. The van der Waals surface area contributed by atoms with Crippen molar-refractivity contribution in [1.82, 2.24) is 5.32 Å². The number of nitrogens with one attached hydrogen (secondary N) is 1. The fourth-order valence-corrected chi connectivity index (χ4v) is 2.08. The molecule has 1 unspecified atom stereocenters. The first-order chi connectivity index (χ1) is 7.84. The van der Waals surface area contributed by atoms with Gasteiger partial charge in [0.2, 0.25) is 0 Å². The van der Waals surface area contributed by atoms with Gasteiger partial charge in [0, 0.05) is 6.04 Å². The molecule has 2 heteroatoms. The Bertz CT molecular complexity index is 301. The number of rotatable bonds is 4. The maximum absolute atomic E-state index is 5.70. The molecule has 1 N–H and O–H groups in total. The Morgan fingerprint density at radius 3 is 2.75 bits per heavy atom. The SMILES string of the molecule is [CH2]c1ccc(OCCC2CCCCN2)cc1. The molecule has 0 amide bonds. The van der Waals surface area contributed by atoms with Crippen LogP contribution in [-0.4, -0.2) is 19.2 Å². The van der Waals surface area contributed by atoms with Gasteiger partial charge in [0.25, 0.3) is 0 Å². The van der Waals surface area contributed by atoms with E-state index in [0.29, 0.717) is 6.04 Å². The van der Waals surface area contributed by atoms with Gasteiger partial charge in [-0.15, -0.1) is 0 Å². The van der Waals surface area contributed by atoms with Gasteiger partial charge in [-0.2, -0.15) is 0 Å². The van der Waals surface area contributed by atoms with Crippen molar-refractivity contribution in [2.24, 2.45) is 0 Å². The quantitative estimate of drug-likeness (QED) is 0.839. The summed E-state index contributed by atoms with van der Waals surface area (Å²) in [5.74, 6) is 0.947. The van der Waals surface area contributed by atoms with E-state index >= 15 is 0 Å². The maximum atomic E-state index is 5.70. The van der Waals surface area contributed by atoms with Gasteiger partial charge in [-0.25, -0.2) is 0 Å². The van der Waals surface area contributed by atoms with E-state index in [9.17, 15) is 0 Å². The summed E-state index contributed by atoms with van der Waals surface area (Å²) >= 11 is 0. The summed E-state index contributed by atoms with van der Waals surface area (Å²) in [6.45, 7) is 5.82. The van der Waals surface area contributed by atoms with Gasteiger partial charge in [-0.05, 0) is 50.4 Å². The van der Waals surface area contributed by atoms with Crippen molar-refractivity contribution in [3.8, 4) is 5.75 Å². The number of piperidine rings is 1. The zero-order valence-electron chi connectivity index (χ0n) is 9.74. The van der Waals surface area contributed by atoms with Gasteiger partial charge >= 0.3 is 0 Å². The predicted octanol–water partition coefficient (Wildman–Crippen LogP) is 2.78. The van der Waals surface area contributed by atoms with Crippen molar-refractivity contribution in [3.05, 3.63) is 36.8 Å². The summed E-state index contributed by atoms with van der Waals surface area (Å²) < 4.78 is 5.70. The molecule has 1 aliphatic rings. The Morgan fingerprint density at radius 2 is 2.06 bits per heavy atom. The second-order valence-electron chi connectivity index (χ2n) is 4.43. The van der Waals surface area contributed by atoms with Gasteiger partial charge in [-0.1, -0.05) is 18.6 Å². The molecule has 1 atom stereocenters. The van der Waals surface area contributed by atoms with E-state index in [1.54, 1.807) is 0 Å². The summed E-state index contributed by atoms with van der Waals surface area (Å²) in [6, 6.07) is 8.58. The fourth-order valence-electron chi connectivity index (χ4n) is 2.08. The molecule has 0 aliphatic carbocycles. The van der Waals surface area contributed by atoms with E-state index in [1.807, 2.05) is 24.3 Å². The highest BCUT2D eigenvalue weighted by atomic mass is 16.5. The molecule has 1 aromatic rings. The minimum absolute atomic E-state index is 0.654. The Morgan fingerprint density at radius 1 is 1.25 bits per heavy atom. The zero-order valence-corrected chi connectivity index (χ0v) is 9.74. The van der Waals surface area contributed by atoms with Crippen molar-refractivity contribution in [1.29, 1.82) is 0 Å². The molecular weight excluding hydrogens is 198 g/mol. The van der Waals surface area contributed by atoms with E-state index < -0.39 is 0 Å². The van der Waals surface area contributed by atoms with Crippen molar-refractivity contribution in [2.45, 2.75) is 31.7 Å². The summed E-state index contributed by atoms with van der Waals surface area (Å²) in [5, 5.41) is 3.52. The third-order valence-corrected chi connectivity index (χ3v) is 3.07. The van der Waals surface area contributed by atoms with Crippen LogP contribution in [-0.2, 0) is 0 Å². The highest BCUT2D eigenvalue weighted by Crippen LogP contribution is 2.14. The summed E-state index contributed by atoms with van der Waals surface area (Å²) in [7, 11) is 0. The van der Waals surface area contributed by atoms with Gasteiger partial charge < -0.3 is 10.1 Å². The lowest BCUT2D eigenvalue weighted by Gasteiger charge is -2.23. The van der Waals surface area contributed by atoms with Gasteiger partial charge in [0.15, 0.2) is 0 Å². The van der Waals surface area contributed by atoms with E-state index in [4.69, 9.17) is 4.74 Å². The molecule has 1 heterocycles. The Hall–Kier alpha value is -1.02. The maximum Gasteiger partial charge on any atom is 0.119 e. The van der Waals surface area contributed by atoms with Gasteiger partial charge in [0.1, 0.15) is 5.75 Å². The molecule has 1 fully saturated rings. The topological polar surface area (TPSA) is 21.3 Å². The second-order valence-corrected chi connectivity index (χ2v) is 4.43. The number of benzene rings is 1. The van der Waals surface area contributed by atoms with E-state index in [2.05, 4.69) is 12.2 Å². The van der Waals surface area contributed by atoms with Crippen molar-refractivity contribution < 1.29 is 4.74 Å². The molecule has 1 aliphatic heterocycles. The van der Waals surface area contributed by atoms with Gasteiger partial charge in [0.05, 0.1) is 6.61 Å². The first-order valence-corrected chi connectivity index (χ1v) is 6.13. The van der Waals surface area contributed by atoms with Crippen molar-refractivity contribution in [3.63, 3.8) is 0 Å². The first kappa shape index (κ1) is 11.5. The van der Waals surface area contributed by atoms with E-state index in [0.717, 1.165) is 24.3 Å². The monoisotopic (exact) mass is 218 g/mol. The van der Waals surface area contributed by atoms with Crippen LogP contribution in [0.5, 0.6) is 5.75 Å². The van der Waals surface area contributed by atoms with E-state index in [-0.39, 0.29) is 0 Å². The second kappa shape index (κ2) is 5.90. The molecule has 2 nitrogen and oxygen atoms in total. The van der Waals surface area contributed by atoms with E-state index in [1.165, 1.54) is 25.8 Å². The van der Waals surface area contributed by atoms with Crippen molar-refractivity contribution in [2.75, 3.05) is 13.2 Å². The molecule has 87 valence electrons. The van der Waals surface area contributed by atoms with Crippen LogP contribution in [0.15, 0.2) is 24.3 Å². The Kier molecular flexibility index (Phi) is 4.23. The average molecular weight is 218 g/mol. The molecule has 1 aromatic carbocycles. The Balaban J connectivity index is 1.69. The number of hydrogen-bond acceptors (Lipinski definition) is 2. The predicted molar refractivity (Wildman–Crippen MR) is 66.7 cm³/mol. The fraction of sp³-hybridized carbons (Fsp3) is 0.500. The molecule has 0 saturated carbocycles. The molecule has 0 spiro atoms. The van der Waals surface area contributed by atoms with Crippen LogP contribution in [0.4, 0.5) is 0 Å². The molecule has 1 saturated heterocycles. The summed E-state index contributed by atoms with van der Waals surface area (Å²) in [4.78, 5) is 0. The highest BCUT2D eigenvalue weighted by Gasteiger charge is 2.11. The lowest BCUT2D eigenvalue weighted by Crippen LogP contribution is -2.35. The standard InChI is InChI=1S/C14H20NO/c1-12-5-7-14(8-6-12)16-11-9-13-4-2-3-10-15-13/h5-8,13,15H,1-4,9-11H2. The van der Waals surface area contributed by atoms with Crippen LogP contribution < -0.4 is 10.1 Å². The third-order valence-electron chi connectivity index (χ3n) is 3.07. The smallest absolute Gasteiger partial charge is 0.119 e.